The number of nitrogens with one attached hydrogen (secondary N) is 1. The fourth-order valence-corrected chi connectivity index (χ4v) is 2.19. The fraction of sp³-hybridized carbons (Fsp3) is 0.0588. The minimum atomic E-state index is -0.410. The third-order valence-electron chi connectivity index (χ3n) is 2.85. The zero-order valence-corrected chi connectivity index (χ0v) is 13.5. The van der Waals surface area contributed by atoms with E-state index in [1.807, 2.05) is 24.3 Å². The van der Waals surface area contributed by atoms with Gasteiger partial charge in [-0.05, 0) is 48.0 Å². The van der Waals surface area contributed by atoms with Crippen molar-refractivity contribution in [2.45, 2.75) is 0 Å². The highest BCUT2D eigenvalue weighted by Crippen LogP contribution is 2.13. The molecule has 0 aromatic heterocycles. The number of carbonyl (C=O) groups excluding carboxylic acids is 2. The second-order valence-corrected chi connectivity index (χ2v) is 5.36. The van der Waals surface area contributed by atoms with E-state index in [1.54, 1.807) is 30.3 Å². The highest BCUT2D eigenvalue weighted by Gasteiger charge is 2.05. The van der Waals surface area contributed by atoms with Gasteiger partial charge in [-0.3, -0.25) is 4.79 Å². The molecule has 22 heavy (non-hydrogen) atoms. The maximum absolute atomic E-state index is 11.8. The first-order valence-electron chi connectivity index (χ1n) is 6.51. The van der Waals surface area contributed by atoms with Gasteiger partial charge in [0.2, 0.25) is 5.91 Å². The highest BCUT2D eigenvalue weighted by molar-refractivity contribution is 9.10. The van der Waals surface area contributed by atoms with Gasteiger partial charge in [-0.15, -0.1) is 0 Å². The van der Waals surface area contributed by atoms with Crippen LogP contribution in [0.1, 0.15) is 15.9 Å². The number of rotatable bonds is 4. The van der Waals surface area contributed by atoms with Gasteiger partial charge in [-0.1, -0.05) is 28.1 Å². The highest BCUT2D eigenvalue weighted by atomic mass is 79.9. The quantitative estimate of drug-likeness (QED) is 0.665. The number of benzene rings is 2. The van der Waals surface area contributed by atoms with E-state index in [0.717, 1.165) is 10.0 Å². The van der Waals surface area contributed by atoms with Gasteiger partial charge in [0.25, 0.3) is 0 Å². The molecule has 0 heterocycles. The molecule has 0 saturated heterocycles. The summed E-state index contributed by atoms with van der Waals surface area (Å²) in [6.07, 6.45) is 3.18. The first kappa shape index (κ1) is 16.0. The smallest absolute Gasteiger partial charge is 0.337 e. The van der Waals surface area contributed by atoms with Gasteiger partial charge in [-0.2, -0.15) is 0 Å². The molecule has 1 amide bonds. The summed E-state index contributed by atoms with van der Waals surface area (Å²) in [6.45, 7) is 0. The van der Waals surface area contributed by atoms with Gasteiger partial charge in [0.15, 0.2) is 0 Å². The second kappa shape index (κ2) is 7.56. The molecule has 0 unspecified atom stereocenters. The van der Waals surface area contributed by atoms with E-state index in [1.165, 1.54) is 13.2 Å². The van der Waals surface area contributed by atoms with E-state index in [4.69, 9.17) is 0 Å². The molecule has 0 fully saturated rings. The van der Waals surface area contributed by atoms with Crippen molar-refractivity contribution in [3.8, 4) is 0 Å². The standard InChI is InChI=1S/C17H14BrNO3/c1-22-17(21)13-6-8-15(9-7-13)19-16(20)10-5-12-3-2-4-14(18)11-12/h2-11H,1H3,(H,19,20)/b10-5+. The van der Waals surface area contributed by atoms with Crippen molar-refractivity contribution in [2.75, 3.05) is 12.4 Å². The molecule has 0 aliphatic carbocycles. The van der Waals surface area contributed by atoms with Crippen LogP contribution in [0.2, 0.25) is 0 Å². The summed E-state index contributed by atoms with van der Waals surface area (Å²) in [6, 6.07) is 14.1. The Hall–Kier alpha value is -2.40. The molecule has 0 bridgehead atoms. The number of hydrogen-bond donors (Lipinski definition) is 1. The predicted molar refractivity (Wildman–Crippen MR) is 89.6 cm³/mol. The van der Waals surface area contributed by atoms with Crippen LogP contribution in [0.25, 0.3) is 6.08 Å². The topological polar surface area (TPSA) is 55.4 Å². The lowest BCUT2D eigenvalue weighted by Gasteiger charge is -2.03. The minimum absolute atomic E-state index is 0.245. The molecule has 1 N–H and O–H groups in total. The fourth-order valence-electron chi connectivity index (χ4n) is 1.77. The Balaban J connectivity index is 1.98. The molecule has 0 aliphatic heterocycles. The van der Waals surface area contributed by atoms with E-state index in [0.29, 0.717) is 11.3 Å². The first-order chi connectivity index (χ1) is 10.6. The molecule has 4 nitrogen and oxygen atoms in total. The lowest BCUT2D eigenvalue weighted by Crippen LogP contribution is -2.08. The van der Waals surface area contributed by atoms with Crippen molar-refractivity contribution in [1.82, 2.24) is 0 Å². The normalized spacial score (nSPS) is 10.5. The molecule has 2 aromatic carbocycles. The SMILES string of the molecule is COC(=O)c1ccc(NC(=O)/C=C/c2cccc(Br)c2)cc1. The van der Waals surface area contributed by atoms with Gasteiger partial charge in [0.05, 0.1) is 12.7 Å². The molecule has 112 valence electrons. The van der Waals surface area contributed by atoms with Crippen LogP contribution in [0.15, 0.2) is 59.1 Å². The Kier molecular flexibility index (Phi) is 5.49. The van der Waals surface area contributed by atoms with Crippen LogP contribution in [0.3, 0.4) is 0 Å². The molecular weight excluding hydrogens is 346 g/mol. The van der Waals surface area contributed by atoms with Gasteiger partial charge in [-0.25, -0.2) is 4.79 Å². The number of hydrogen-bond acceptors (Lipinski definition) is 3. The Morgan fingerprint density at radius 2 is 1.86 bits per heavy atom. The summed E-state index contributed by atoms with van der Waals surface area (Å²) in [5, 5.41) is 2.72. The van der Waals surface area contributed by atoms with Crippen LogP contribution in [-0.2, 0) is 9.53 Å². The molecule has 0 saturated carbocycles. The number of ether oxygens (including phenoxy) is 1. The first-order valence-corrected chi connectivity index (χ1v) is 7.31. The van der Waals surface area contributed by atoms with E-state index < -0.39 is 5.97 Å². The molecule has 0 radical (unpaired) electrons. The molecule has 0 atom stereocenters. The second-order valence-electron chi connectivity index (χ2n) is 4.45. The van der Waals surface area contributed by atoms with Crippen LogP contribution in [-0.4, -0.2) is 19.0 Å². The van der Waals surface area contributed by atoms with Gasteiger partial charge in [0.1, 0.15) is 0 Å². The summed E-state index contributed by atoms with van der Waals surface area (Å²) >= 11 is 3.38. The predicted octanol–water partition coefficient (Wildman–Crippen LogP) is 3.89. The third kappa shape index (κ3) is 4.56. The number of halogens is 1. The summed E-state index contributed by atoms with van der Waals surface area (Å²) in [5.41, 5.74) is 1.97. The Morgan fingerprint density at radius 3 is 2.50 bits per heavy atom. The summed E-state index contributed by atoms with van der Waals surface area (Å²) in [5.74, 6) is -0.654. The van der Waals surface area contributed by atoms with E-state index >= 15 is 0 Å². The third-order valence-corrected chi connectivity index (χ3v) is 3.34. The summed E-state index contributed by atoms with van der Waals surface area (Å²) in [7, 11) is 1.32. The van der Waals surface area contributed by atoms with Crippen molar-refractivity contribution in [3.63, 3.8) is 0 Å². The van der Waals surface area contributed by atoms with Crippen molar-refractivity contribution in [3.05, 3.63) is 70.2 Å². The lowest BCUT2D eigenvalue weighted by molar-refractivity contribution is -0.111. The minimum Gasteiger partial charge on any atom is -0.465 e. The summed E-state index contributed by atoms with van der Waals surface area (Å²) < 4.78 is 5.57. The molecule has 0 aliphatic rings. The lowest BCUT2D eigenvalue weighted by atomic mass is 10.2. The molecule has 2 rings (SSSR count). The van der Waals surface area contributed by atoms with E-state index in [2.05, 4.69) is 26.0 Å². The molecule has 0 spiro atoms. The van der Waals surface area contributed by atoms with Crippen molar-refractivity contribution in [2.24, 2.45) is 0 Å². The van der Waals surface area contributed by atoms with Crippen molar-refractivity contribution in [1.29, 1.82) is 0 Å². The van der Waals surface area contributed by atoms with Crippen molar-refractivity contribution >= 4 is 39.6 Å². The monoisotopic (exact) mass is 359 g/mol. The Labute approximate surface area is 136 Å². The number of carbonyl (C=O) groups is 2. The molecule has 2 aromatic rings. The summed E-state index contributed by atoms with van der Waals surface area (Å²) in [4.78, 5) is 23.2. The van der Waals surface area contributed by atoms with E-state index in [-0.39, 0.29) is 5.91 Å². The Morgan fingerprint density at radius 1 is 1.14 bits per heavy atom. The van der Waals surface area contributed by atoms with Gasteiger partial charge < -0.3 is 10.1 Å². The molecule has 5 heteroatoms. The van der Waals surface area contributed by atoms with E-state index in [9.17, 15) is 9.59 Å². The maximum Gasteiger partial charge on any atom is 0.337 e. The van der Waals surface area contributed by atoms with Crippen LogP contribution >= 0.6 is 15.9 Å². The number of amides is 1. The number of anilines is 1. The van der Waals surface area contributed by atoms with Crippen LogP contribution in [0, 0.1) is 0 Å². The largest absolute Gasteiger partial charge is 0.465 e. The zero-order valence-electron chi connectivity index (χ0n) is 11.9. The van der Waals surface area contributed by atoms with Gasteiger partial charge in [0, 0.05) is 16.2 Å². The molecular formula is C17H14BrNO3. The zero-order chi connectivity index (χ0) is 15.9. The van der Waals surface area contributed by atoms with Crippen LogP contribution in [0.4, 0.5) is 5.69 Å². The Bertz CT molecular complexity index is 708. The number of esters is 1. The van der Waals surface area contributed by atoms with Crippen molar-refractivity contribution < 1.29 is 14.3 Å². The van der Waals surface area contributed by atoms with Crippen LogP contribution in [0.5, 0.6) is 0 Å². The van der Waals surface area contributed by atoms with Gasteiger partial charge >= 0.3 is 5.97 Å². The average Bonchev–Trinajstić information content (AvgIpc) is 2.53. The average molecular weight is 360 g/mol. The maximum atomic E-state index is 11.8. The van der Waals surface area contributed by atoms with Crippen LogP contribution < -0.4 is 5.32 Å². The number of methoxy groups -OCH3 is 1.